The van der Waals surface area contributed by atoms with Gasteiger partial charge in [0.2, 0.25) is 0 Å². The Bertz CT molecular complexity index is 726. The van der Waals surface area contributed by atoms with Crippen molar-refractivity contribution in [3.63, 3.8) is 0 Å². The maximum absolute atomic E-state index is 9.04. The summed E-state index contributed by atoms with van der Waals surface area (Å²) in [6.45, 7) is 1.98. The summed E-state index contributed by atoms with van der Waals surface area (Å²) >= 11 is 6.04. The third-order valence-corrected chi connectivity index (χ3v) is 4.79. The first-order valence-electron chi connectivity index (χ1n) is 7.11. The van der Waals surface area contributed by atoms with Crippen LogP contribution in [0.15, 0.2) is 17.4 Å². The second-order valence-corrected chi connectivity index (χ2v) is 6.20. The molecule has 21 heavy (non-hydrogen) atoms. The second kappa shape index (κ2) is 5.20. The lowest BCUT2D eigenvalue weighted by molar-refractivity contribution is 0.298. The van der Waals surface area contributed by atoms with Crippen LogP contribution < -0.4 is 0 Å². The molecule has 2 aromatic rings. The van der Waals surface area contributed by atoms with Crippen LogP contribution in [0.3, 0.4) is 0 Å². The van der Waals surface area contributed by atoms with Crippen LogP contribution >= 0.6 is 11.6 Å². The lowest BCUT2D eigenvalue weighted by atomic mass is 9.81. The summed E-state index contributed by atoms with van der Waals surface area (Å²) in [5, 5.41) is 10.1. The zero-order valence-corrected chi connectivity index (χ0v) is 12.9. The normalized spacial score (nSPS) is 18.6. The molecule has 1 aliphatic rings. The van der Waals surface area contributed by atoms with Gasteiger partial charge < -0.3 is 0 Å². The summed E-state index contributed by atoms with van der Waals surface area (Å²) < 4.78 is 1.77. The lowest BCUT2D eigenvalue weighted by Gasteiger charge is -2.29. The standard InChI is InChI=1S/C14H17ClN6/c1-14(19-20-16,9-5-3-4-6-9)13-10-7-12(15)17-8-11(10)21(2)18-13/h7-9H,3-6H2,1-2H3. The van der Waals surface area contributed by atoms with E-state index in [4.69, 9.17) is 17.1 Å². The molecule has 1 fully saturated rings. The Morgan fingerprint density at radius 2 is 2.19 bits per heavy atom. The molecule has 0 bridgehead atoms. The Morgan fingerprint density at radius 3 is 2.86 bits per heavy atom. The smallest absolute Gasteiger partial charge is 0.129 e. The van der Waals surface area contributed by atoms with E-state index in [0.29, 0.717) is 11.1 Å². The minimum Gasteiger partial charge on any atom is -0.266 e. The van der Waals surface area contributed by atoms with Crippen molar-refractivity contribution in [3.05, 3.63) is 33.6 Å². The molecular formula is C14H17ClN6. The third-order valence-electron chi connectivity index (χ3n) is 4.59. The van der Waals surface area contributed by atoms with E-state index in [1.165, 1.54) is 12.8 Å². The monoisotopic (exact) mass is 304 g/mol. The zero-order valence-electron chi connectivity index (χ0n) is 12.1. The van der Waals surface area contributed by atoms with Gasteiger partial charge in [0.05, 0.1) is 22.9 Å². The van der Waals surface area contributed by atoms with E-state index in [2.05, 4.69) is 20.1 Å². The van der Waals surface area contributed by atoms with Crippen LogP contribution in [0.4, 0.5) is 0 Å². The van der Waals surface area contributed by atoms with Crippen LogP contribution in [0.25, 0.3) is 21.3 Å². The lowest BCUT2D eigenvalue weighted by Crippen LogP contribution is -2.28. The molecule has 3 rings (SSSR count). The van der Waals surface area contributed by atoms with Crippen molar-refractivity contribution >= 4 is 22.5 Å². The fourth-order valence-corrected chi connectivity index (χ4v) is 3.56. The number of hydrogen-bond acceptors (Lipinski definition) is 3. The van der Waals surface area contributed by atoms with E-state index in [9.17, 15) is 0 Å². The van der Waals surface area contributed by atoms with E-state index in [0.717, 1.165) is 29.4 Å². The Morgan fingerprint density at radius 1 is 1.48 bits per heavy atom. The summed E-state index contributed by atoms with van der Waals surface area (Å²) in [6, 6.07) is 1.80. The Kier molecular flexibility index (Phi) is 3.51. The van der Waals surface area contributed by atoms with Crippen LogP contribution in [0.1, 0.15) is 38.3 Å². The second-order valence-electron chi connectivity index (χ2n) is 5.81. The van der Waals surface area contributed by atoms with Crippen molar-refractivity contribution in [2.75, 3.05) is 0 Å². The van der Waals surface area contributed by atoms with Gasteiger partial charge in [-0.15, -0.1) is 0 Å². The van der Waals surface area contributed by atoms with E-state index < -0.39 is 5.54 Å². The average molecular weight is 305 g/mol. The van der Waals surface area contributed by atoms with Crippen LogP contribution in [0.2, 0.25) is 5.15 Å². The molecule has 6 nitrogen and oxygen atoms in total. The highest BCUT2D eigenvalue weighted by Gasteiger charge is 2.40. The number of nitrogens with zero attached hydrogens (tertiary/aromatic N) is 6. The number of fused-ring (bicyclic) bond motifs is 1. The van der Waals surface area contributed by atoms with E-state index >= 15 is 0 Å². The van der Waals surface area contributed by atoms with Crippen molar-refractivity contribution in [2.24, 2.45) is 18.1 Å². The highest BCUT2D eigenvalue weighted by molar-refractivity contribution is 6.30. The highest BCUT2D eigenvalue weighted by Crippen LogP contribution is 2.45. The van der Waals surface area contributed by atoms with Crippen molar-refractivity contribution < 1.29 is 0 Å². The number of azide groups is 1. The van der Waals surface area contributed by atoms with Gasteiger partial charge in [-0.1, -0.05) is 29.6 Å². The SMILES string of the molecule is Cn1nc(C(C)(N=[N+]=[N-])C2CCCC2)c2cc(Cl)ncc21. The minimum absolute atomic E-state index is 0.318. The first-order chi connectivity index (χ1) is 10.1. The molecular weight excluding hydrogens is 288 g/mol. The van der Waals surface area contributed by atoms with Gasteiger partial charge in [-0.05, 0) is 37.3 Å². The Labute approximate surface area is 127 Å². The topological polar surface area (TPSA) is 79.5 Å². The predicted octanol–water partition coefficient (Wildman–Crippen LogP) is 4.34. The minimum atomic E-state index is -0.643. The number of pyridine rings is 1. The Hall–Kier alpha value is -1.78. The predicted molar refractivity (Wildman–Crippen MR) is 82.0 cm³/mol. The van der Waals surface area contributed by atoms with Crippen molar-refractivity contribution in [3.8, 4) is 0 Å². The van der Waals surface area contributed by atoms with Crippen LogP contribution in [-0.4, -0.2) is 14.8 Å². The number of rotatable bonds is 3. The molecule has 7 heteroatoms. The van der Waals surface area contributed by atoms with Crippen LogP contribution in [0, 0.1) is 5.92 Å². The molecule has 1 aliphatic carbocycles. The summed E-state index contributed by atoms with van der Waals surface area (Å²) in [4.78, 5) is 7.20. The van der Waals surface area contributed by atoms with Gasteiger partial charge in [0.15, 0.2) is 0 Å². The fraction of sp³-hybridized carbons (Fsp3) is 0.571. The fourth-order valence-electron chi connectivity index (χ4n) is 3.41. The largest absolute Gasteiger partial charge is 0.266 e. The molecule has 0 saturated heterocycles. The number of aryl methyl sites for hydroxylation is 1. The zero-order chi connectivity index (χ0) is 15.0. The molecule has 0 amide bonds. The molecule has 1 unspecified atom stereocenters. The summed E-state index contributed by atoms with van der Waals surface area (Å²) in [7, 11) is 1.87. The van der Waals surface area contributed by atoms with Gasteiger partial charge in [0.25, 0.3) is 0 Å². The molecule has 0 radical (unpaired) electrons. The molecule has 0 spiro atoms. The van der Waals surface area contributed by atoms with E-state index in [1.807, 2.05) is 14.0 Å². The maximum atomic E-state index is 9.04. The number of hydrogen-bond donors (Lipinski definition) is 0. The summed E-state index contributed by atoms with van der Waals surface area (Å²) in [6.07, 6.45) is 6.18. The summed E-state index contributed by atoms with van der Waals surface area (Å²) in [5.74, 6) is 0.318. The molecule has 1 atom stereocenters. The first-order valence-corrected chi connectivity index (χ1v) is 7.49. The van der Waals surface area contributed by atoms with Crippen LogP contribution in [0.5, 0.6) is 0 Å². The molecule has 0 aliphatic heterocycles. The van der Waals surface area contributed by atoms with Gasteiger partial charge >= 0.3 is 0 Å². The number of aromatic nitrogens is 3. The van der Waals surface area contributed by atoms with Crippen LogP contribution in [-0.2, 0) is 12.6 Å². The maximum Gasteiger partial charge on any atom is 0.129 e. The third kappa shape index (κ3) is 2.24. The van der Waals surface area contributed by atoms with Gasteiger partial charge in [0, 0.05) is 17.3 Å². The van der Waals surface area contributed by atoms with Crippen molar-refractivity contribution in [1.29, 1.82) is 0 Å². The molecule has 110 valence electrons. The summed E-state index contributed by atoms with van der Waals surface area (Å²) in [5.41, 5.74) is 10.1. The highest BCUT2D eigenvalue weighted by atomic mass is 35.5. The van der Waals surface area contributed by atoms with E-state index in [-0.39, 0.29) is 0 Å². The average Bonchev–Trinajstić information content (AvgIpc) is 3.08. The van der Waals surface area contributed by atoms with Gasteiger partial charge in [-0.25, -0.2) is 4.98 Å². The number of halogens is 1. The Balaban J connectivity index is 2.24. The molecule has 0 aromatic carbocycles. The molecule has 0 N–H and O–H groups in total. The molecule has 2 heterocycles. The molecule has 1 saturated carbocycles. The van der Waals surface area contributed by atoms with Gasteiger partial charge in [-0.3, -0.25) is 4.68 Å². The first kappa shape index (κ1) is 14.2. The molecule has 2 aromatic heterocycles. The van der Waals surface area contributed by atoms with E-state index in [1.54, 1.807) is 16.9 Å². The van der Waals surface area contributed by atoms with Gasteiger partial charge in [-0.2, -0.15) is 5.10 Å². The quantitative estimate of drug-likeness (QED) is 0.366. The van der Waals surface area contributed by atoms with Crippen molar-refractivity contribution in [1.82, 2.24) is 14.8 Å². The van der Waals surface area contributed by atoms with Crippen molar-refractivity contribution in [2.45, 2.75) is 38.1 Å². The van der Waals surface area contributed by atoms with Gasteiger partial charge in [0.1, 0.15) is 5.15 Å².